The van der Waals surface area contributed by atoms with Gasteiger partial charge >= 0.3 is 10.1 Å². The number of benzene rings is 2. The highest BCUT2D eigenvalue weighted by atomic mass is 35.5. The summed E-state index contributed by atoms with van der Waals surface area (Å²) in [6.07, 6.45) is -1.26. The number of hydrogen-bond acceptors (Lipinski definition) is 11. The molecule has 2 heterocycles. The molecule has 1 N–H and O–H groups in total. The molecule has 4 rings (SSSR count). The second-order valence-electron chi connectivity index (χ2n) is 8.77. The summed E-state index contributed by atoms with van der Waals surface area (Å²) < 4.78 is 46.0. The van der Waals surface area contributed by atoms with Gasteiger partial charge in [-0.05, 0) is 54.6 Å². The molecule has 0 saturated carbocycles. The molecule has 37 heavy (non-hydrogen) atoms. The van der Waals surface area contributed by atoms with E-state index in [9.17, 15) is 13.5 Å². The lowest BCUT2D eigenvalue weighted by atomic mass is 9.83. The Morgan fingerprint density at radius 3 is 2.46 bits per heavy atom. The second-order valence-corrected chi connectivity index (χ2v) is 10.8. The maximum atomic E-state index is 11.9. The quantitative estimate of drug-likeness (QED) is 0.308. The smallest absolute Gasteiger partial charge is 0.306 e. The second kappa shape index (κ2) is 10.4. The number of tetrazole rings is 1. The van der Waals surface area contributed by atoms with E-state index in [1.807, 2.05) is 4.90 Å². The van der Waals surface area contributed by atoms with Crippen molar-refractivity contribution in [1.29, 1.82) is 0 Å². The van der Waals surface area contributed by atoms with Crippen LogP contribution >= 0.6 is 11.6 Å². The van der Waals surface area contributed by atoms with Gasteiger partial charge in [0, 0.05) is 30.5 Å². The fraction of sp³-hybridized carbons (Fsp3) is 0.435. The number of halogens is 1. The molecule has 0 aliphatic carbocycles. The molecule has 0 bridgehead atoms. The van der Waals surface area contributed by atoms with Crippen molar-refractivity contribution < 1.29 is 31.9 Å². The van der Waals surface area contributed by atoms with Crippen molar-refractivity contribution in [3.05, 3.63) is 58.9 Å². The van der Waals surface area contributed by atoms with Gasteiger partial charge in [-0.3, -0.25) is 0 Å². The monoisotopic (exact) mass is 553 g/mol. The van der Waals surface area contributed by atoms with Crippen LogP contribution in [0.4, 0.5) is 5.69 Å². The van der Waals surface area contributed by atoms with E-state index in [2.05, 4.69) is 15.4 Å². The number of rotatable bonds is 9. The summed E-state index contributed by atoms with van der Waals surface area (Å²) in [4.78, 5) is 3.18. The first-order valence-electron chi connectivity index (χ1n) is 11.2. The molecule has 0 radical (unpaired) electrons. The Morgan fingerprint density at radius 1 is 1.22 bits per heavy atom. The molecule has 0 fully saturated rings. The zero-order chi connectivity index (χ0) is 27.0. The lowest BCUT2D eigenvalue weighted by Gasteiger charge is -2.49. The minimum Gasteiger partial charge on any atom is -0.479 e. The molecule has 12 nitrogen and oxygen atoms in total. The first-order chi connectivity index (χ1) is 17.4. The van der Waals surface area contributed by atoms with Gasteiger partial charge in [0.05, 0.1) is 25.9 Å². The Hall–Kier alpha value is -2.97. The van der Waals surface area contributed by atoms with E-state index in [1.165, 1.54) is 31.1 Å². The van der Waals surface area contributed by atoms with E-state index < -0.39 is 34.2 Å². The Bertz CT molecular complexity index is 1350. The number of aliphatic hydroxyl groups is 1. The predicted octanol–water partition coefficient (Wildman–Crippen LogP) is 2.08. The molecule has 14 heteroatoms. The predicted molar refractivity (Wildman–Crippen MR) is 134 cm³/mol. The minimum absolute atomic E-state index is 0.0642. The van der Waals surface area contributed by atoms with Gasteiger partial charge in [-0.1, -0.05) is 11.6 Å². The highest BCUT2D eigenvalue weighted by Gasteiger charge is 2.54. The van der Waals surface area contributed by atoms with Crippen molar-refractivity contribution in [3.63, 3.8) is 0 Å². The SMILES string of the molecule is COC(OC)[C@@]1(C)Oc2ccc(OS(C)(=O)=O)cc2[C@@H](N(Cc2nnn(C)n2)c2ccc(Cl)cc2)[C@@H]1O. The molecule has 2 aromatic carbocycles. The van der Waals surface area contributed by atoms with Gasteiger partial charge in [-0.15, -0.1) is 10.2 Å². The topological polar surface area (TPSA) is 138 Å². The van der Waals surface area contributed by atoms with E-state index in [0.29, 0.717) is 27.8 Å². The van der Waals surface area contributed by atoms with Crippen LogP contribution in [0.3, 0.4) is 0 Å². The first-order valence-corrected chi connectivity index (χ1v) is 13.4. The summed E-state index contributed by atoms with van der Waals surface area (Å²) in [5, 5.41) is 24.7. The van der Waals surface area contributed by atoms with Gasteiger partial charge in [0.1, 0.15) is 17.6 Å². The summed E-state index contributed by atoms with van der Waals surface area (Å²) in [6, 6.07) is 10.8. The maximum absolute atomic E-state index is 11.9. The fourth-order valence-corrected chi connectivity index (χ4v) is 5.05. The zero-order valence-electron chi connectivity index (χ0n) is 20.9. The molecule has 1 aliphatic rings. The van der Waals surface area contributed by atoms with Crippen molar-refractivity contribution in [2.75, 3.05) is 25.4 Å². The number of anilines is 1. The molecule has 0 unspecified atom stereocenters. The largest absolute Gasteiger partial charge is 0.479 e. The van der Waals surface area contributed by atoms with E-state index in [1.54, 1.807) is 44.3 Å². The van der Waals surface area contributed by atoms with Crippen LogP contribution in [0, 0.1) is 0 Å². The Balaban J connectivity index is 1.92. The Labute approximate surface area is 219 Å². The average Bonchev–Trinajstić information content (AvgIpc) is 3.24. The van der Waals surface area contributed by atoms with Crippen molar-refractivity contribution >= 4 is 27.4 Å². The van der Waals surface area contributed by atoms with Crippen LogP contribution in [0.1, 0.15) is 24.4 Å². The molecule has 3 atom stereocenters. The third-order valence-electron chi connectivity index (χ3n) is 6.02. The summed E-state index contributed by atoms with van der Waals surface area (Å²) in [6.45, 7) is 1.81. The molecule has 200 valence electrons. The third-order valence-corrected chi connectivity index (χ3v) is 6.76. The zero-order valence-corrected chi connectivity index (χ0v) is 22.5. The fourth-order valence-electron chi connectivity index (χ4n) is 4.47. The number of nitrogens with zero attached hydrogens (tertiary/aromatic N) is 5. The lowest BCUT2D eigenvalue weighted by molar-refractivity contribution is -0.237. The number of fused-ring (bicyclic) bond motifs is 1. The van der Waals surface area contributed by atoms with Crippen LogP contribution in [-0.4, -0.2) is 72.2 Å². The van der Waals surface area contributed by atoms with Crippen LogP contribution < -0.4 is 13.8 Å². The number of aliphatic hydroxyl groups excluding tert-OH is 1. The molecule has 0 spiro atoms. The number of ether oxygens (including phenoxy) is 3. The highest BCUT2D eigenvalue weighted by Crippen LogP contribution is 2.47. The van der Waals surface area contributed by atoms with E-state index in [4.69, 9.17) is 30.0 Å². The molecular formula is C23H28ClN5O7S. The van der Waals surface area contributed by atoms with Crippen LogP contribution in [0.15, 0.2) is 42.5 Å². The lowest BCUT2D eigenvalue weighted by Crippen LogP contribution is -2.62. The van der Waals surface area contributed by atoms with Crippen LogP contribution in [0.5, 0.6) is 11.5 Å². The van der Waals surface area contributed by atoms with Gasteiger partial charge in [0.15, 0.2) is 17.7 Å². The maximum Gasteiger partial charge on any atom is 0.306 e. The summed E-state index contributed by atoms with van der Waals surface area (Å²) in [5.74, 6) is 0.830. The van der Waals surface area contributed by atoms with Crippen molar-refractivity contribution in [1.82, 2.24) is 20.2 Å². The molecular weight excluding hydrogens is 526 g/mol. The number of aromatic nitrogens is 4. The molecule has 1 aliphatic heterocycles. The van der Waals surface area contributed by atoms with Crippen molar-refractivity contribution in [2.45, 2.75) is 37.5 Å². The van der Waals surface area contributed by atoms with E-state index in [0.717, 1.165) is 6.26 Å². The minimum atomic E-state index is -3.80. The van der Waals surface area contributed by atoms with Gasteiger partial charge < -0.3 is 28.4 Å². The number of hydrogen-bond donors (Lipinski definition) is 1. The van der Waals surface area contributed by atoms with Gasteiger partial charge in [0.2, 0.25) is 0 Å². The Morgan fingerprint density at radius 2 is 1.89 bits per heavy atom. The standard InChI is InChI=1S/C23H28ClN5O7S/c1-23(22(33-3)34-4)21(30)20(17-12-16(36-37(5,31)32)10-11-18(17)35-23)29(13-19-25-27-28(2)26-19)15-8-6-14(24)7-9-15/h6-12,20-22,30H,13H2,1-5H3/t20-,21+,23+/m1/s1. The first kappa shape index (κ1) is 27.1. The third kappa shape index (κ3) is 5.65. The summed E-state index contributed by atoms with van der Waals surface area (Å²) in [7, 11) is 0.740. The molecule has 1 aromatic heterocycles. The van der Waals surface area contributed by atoms with Gasteiger partial charge in [0.25, 0.3) is 0 Å². The summed E-state index contributed by atoms with van der Waals surface area (Å²) >= 11 is 6.15. The summed E-state index contributed by atoms with van der Waals surface area (Å²) in [5.41, 5.74) is -0.228. The Kier molecular flexibility index (Phi) is 7.62. The average molecular weight is 554 g/mol. The number of aryl methyl sites for hydroxylation is 1. The normalized spacial score (nSPS) is 21.4. The van der Waals surface area contributed by atoms with Gasteiger partial charge in [-0.2, -0.15) is 13.2 Å². The molecule has 3 aromatic rings. The van der Waals surface area contributed by atoms with Crippen LogP contribution in [0.2, 0.25) is 5.02 Å². The van der Waals surface area contributed by atoms with E-state index in [-0.39, 0.29) is 12.3 Å². The van der Waals surface area contributed by atoms with Crippen molar-refractivity contribution in [2.24, 2.45) is 7.05 Å². The number of methoxy groups -OCH3 is 2. The van der Waals surface area contributed by atoms with Crippen LogP contribution in [0.25, 0.3) is 0 Å². The highest BCUT2D eigenvalue weighted by molar-refractivity contribution is 7.86. The molecule has 0 amide bonds. The van der Waals surface area contributed by atoms with E-state index >= 15 is 0 Å². The molecule has 0 saturated heterocycles. The van der Waals surface area contributed by atoms with Gasteiger partial charge in [-0.25, -0.2) is 0 Å². The van der Waals surface area contributed by atoms with Crippen LogP contribution in [-0.2, 0) is 33.2 Å². The van der Waals surface area contributed by atoms with Crippen molar-refractivity contribution in [3.8, 4) is 11.5 Å².